The van der Waals surface area contributed by atoms with E-state index in [2.05, 4.69) is 5.32 Å². The summed E-state index contributed by atoms with van der Waals surface area (Å²) < 4.78 is 53.2. The quantitative estimate of drug-likeness (QED) is 0.770. The van der Waals surface area contributed by atoms with Gasteiger partial charge in [-0.25, -0.2) is 17.2 Å². The number of sulfonamides is 1. The molecule has 0 radical (unpaired) electrons. The van der Waals surface area contributed by atoms with Crippen LogP contribution in [0.5, 0.6) is 0 Å². The zero-order valence-electron chi connectivity index (χ0n) is 15.0. The molecule has 146 valence electrons. The lowest BCUT2D eigenvalue weighted by Crippen LogP contribution is -2.46. The van der Waals surface area contributed by atoms with Crippen LogP contribution in [0.3, 0.4) is 0 Å². The van der Waals surface area contributed by atoms with Crippen LogP contribution in [0.2, 0.25) is 0 Å². The molecule has 2 rings (SSSR count). The van der Waals surface area contributed by atoms with Gasteiger partial charge in [-0.05, 0) is 38.3 Å². The topological polar surface area (TPSA) is 92.5 Å². The van der Waals surface area contributed by atoms with E-state index in [-0.39, 0.29) is 18.0 Å². The van der Waals surface area contributed by atoms with E-state index in [9.17, 15) is 22.0 Å². The summed E-state index contributed by atoms with van der Waals surface area (Å²) in [5, 5.41) is 2.21. The van der Waals surface area contributed by atoms with Gasteiger partial charge in [0.2, 0.25) is 15.9 Å². The highest BCUT2D eigenvalue weighted by Gasteiger charge is 2.34. The minimum Gasteiger partial charge on any atom is -0.350 e. The molecule has 0 aliphatic carbocycles. The van der Waals surface area contributed by atoms with Gasteiger partial charge in [0.1, 0.15) is 0 Å². The number of hydrogen-bond acceptors (Lipinski definition) is 4. The normalized spacial score (nSPS) is 17.3. The van der Waals surface area contributed by atoms with E-state index in [1.165, 1.54) is 4.31 Å². The number of alkyl halides is 2. The molecule has 0 atom stereocenters. The molecule has 1 saturated heterocycles. The summed E-state index contributed by atoms with van der Waals surface area (Å²) in [6.07, 6.45) is 0.592. The number of benzene rings is 1. The monoisotopic (exact) mass is 389 g/mol. The Bertz CT molecular complexity index is 761. The Balaban J connectivity index is 1.98. The Morgan fingerprint density at radius 3 is 2.46 bits per heavy atom. The number of aryl methyl sites for hydroxylation is 2. The molecule has 0 unspecified atom stereocenters. The molecule has 0 saturated carbocycles. The molecular formula is C17H25F2N3O3S. The molecule has 1 aliphatic rings. The van der Waals surface area contributed by atoms with E-state index in [4.69, 9.17) is 5.73 Å². The Morgan fingerprint density at radius 2 is 1.92 bits per heavy atom. The highest BCUT2D eigenvalue weighted by molar-refractivity contribution is 7.89. The molecule has 3 N–H and O–H groups in total. The molecule has 1 fully saturated rings. The van der Waals surface area contributed by atoms with Gasteiger partial charge in [0.15, 0.2) is 0 Å². The number of hydrogen-bond donors (Lipinski definition) is 2. The summed E-state index contributed by atoms with van der Waals surface area (Å²) in [6.45, 7) is 2.37. The number of rotatable bonds is 6. The van der Waals surface area contributed by atoms with Gasteiger partial charge in [0.05, 0.1) is 18.0 Å². The molecular weight excluding hydrogens is 364 g/mol. The fourth-order valence-corrected chi connectivity index (χ4v) is 4.69. The van der Waals surface area contributed by atoms with Crippen LogP contribution >= 0.6 is 0 Å². The van der Waals surface area contributed by atoms with Crippen LogP contribution < -0.4 is 11.1 Å². The smallest absolute Gasteiger partial charge is 0.277 e. The molecule has 0 spiro atoms. The van der Waals surface area contributed by atoms with Crippen molar-refractivity contribution in [1.29, 1.82) is 0 Å². The fraction of sp³-hybridized carbons (Fsp3) is 0.588. The van der Waals surface area contributed by atoms with E-state index in [0.717, 1.165) is 5.56 Å². The number of amides is 1. The molecule has 1 amide bonds. The average molecular weight is 389 g/mol. The first-order valence-electron chi connectivity index (χ1n) is 8.50. The standard InChI is InChI=1S/C17H25F2N3O3S/c1-12-3-4-15(13(2)9-12)26(24,25)22-7-5-14(6-8-22)16(23)21-11-17(18,19)10-20/h3-4,9,14H,5-8,10-11,20H2,1-2H3,(H,21,23). The number of piperidine rings is 1. The zero-order chi connectivity index (χ0) is 19.5. The summed E-state index contributed by atoms with van der Waals surface area (Å²) in [5.74, 6) is -4.10. The zero-order valence-corrected chi connectivity index (χ0v) is 15.8. The van der Waals surface area contributed by atoms with E-state index in [0.29, 0.717) is 18.4 Å². The third kappa shape index (κ3) is 4.77. The van der Waals surface area contributed by atoms with E-state index < -0.39 is 40.9 Å². The van der Waals surface area contributed by atoms with Gasteiger partial charge >= 0.3 is 0 Å². The van der Waals surface area contributed by atoms with Crippen LogP contribution in [-0.2, 0) is 14.8 Å². The number of carbonyl (C=O) groups excluding carboxylic acids is 1. The van der Waals surface area contributed by atoms with Crippen LogP contribution in [0.15, 0.2) is 23.1 Å². The van der Waals surface area contributed by atoms with Crippen molar-refractivity contribution < 1.29 is 22.0 Å². The van der Waals surface area contributed by atoms with Gasteiger partial charge in [0.25, 0.3) is 5.92 Å². The third-order valence-electron chi connectivity index (χ3n) is 4.59. The molecule has 1 aromatic carbocycles. The van der Waals surface area contributed by atoms with Crippen LogP contribution in [0.1, 0.15) is 24.0 Å². The minimum absolute atomic E-state index is 0.182. The van der Waals surface area contributed by atoms with Crippen molar-refractivity contribution in [2.75, 3.05) is 26.2 Å². The van der Waals surface area contributed by atoms with Crippen molar-refractivity contribution >= 4 is 15.9 Å². The molecule has 1 heterocycles. The predicted molar refractivity (Wildman–Crippen MR) is 94.4 cm³/mol. The van der Waals surface area contributed by atoms with Crippen molar-refractivity contribution in [2.24, 2.45) is 11.7 Å². The first kappa shape index (κ1) is 20.7. The number of nitrogens with zero attached hydrogens (tertiary/aromatic N) is 1. The Labute approximate surface area is 152 Å². The second-order valence-electron chi connectivity index (χ2n) is 6.73. The van der Waals surface area contributed by atoms with Crippen molar-refractivity contribution in [2.45, 2.75) is 37.5 Å². The molecule has 0 aromatic heterocycles. The molecule has 6 nitrogen and oxygen atoms in total. The molecule has 0 bridgehead atoms. The fourth-order valence-electron chi connectivity index (χ4n) is 3.02. The second kappa shape index (κ2) is 7.98. The Hall–Kier alpha value is -1.58. The van der Waals surface area contributed by atoms with Gasteiger partial charge < -0.3 is 11.1 Å². The number of nitrogens with two attached hydrogens (primary N) is 1. The van der Waals surface area contributed by atoms with Gasteiger partial charge in [-0.1, -0.05) is 17.7 Å². The van der Waals surface area contributed by atoms with Crippen molar-refractivity contribution in [3.05, 3.63) is 29.3 Å². The lowest BCUT2D eigenvalue weighted by atomic mass is 9.97. The van der Waals surface area contributed by atoms with Gasteiger partial charge in [-0.15, -0.1) is 0 Å². The highest BCUT2D eigenvalue weighted by Crippen LogP contribution is 2.26. The number of carbonyl (C=O) groups is 1. The van der Waals surface area contributed by atoms with Crippen molar-refractivity contribution in [1.82, 2.24) is 9.62 Å². The van der Waals surface area contributed by atoms with Crippen molar-refractivity contribution in [3.8, 4) is 0 Å². The summed E-state index contributed by atoms with van der Waals surface area (Å²) in [7, 11) is -3.63. The summed E-state index contributed by atoms with van der Waals surface area (Å²) >= 11 is 0. The van der Waals surface area contributed by atoms with Gasteiger partial charge in [-0.2, -0.15) is 4.31 Å². The summed E-state index contributed by atoms with van der Waals surface area (Å²) in [4.78, 5) is 12.3. The van der Waals surface area contributed by atoms with E-state index >= 15 is 0 Å². The van der Waals surface area contributed by atoms with Crippen LogP contribution in [0, 0.1) is 19.8 Å². The first-order chi connectivity index (χ1) is 12.1. The van der Waals surface area contributed by atoms with E-state index in [1.54, 1.807) is 19.1 Å². The lowest BCUT2D eigenvalue weighted by Gasteiger charge is -2.31. The highest BCUT2D eigenvalue weighted by atomic mass is 32.2. The summed E-state index contributed by atoms with van der Waals surface area (Å²) in [6, 6.07) is 5.15. The number of nitrogens with one attached hydrogen (secondary N) is 1. The van der Waals surface area contributed by atoms with Gasteiger partial charge in [0, 0.05) is 19.0 Å². The second-order valence-corrected chi connectivity index (χ2v) is 8.63. The maximum absolute atomic E-state index is 13.1. The Morgan fingerprint density at radius 1 is 1.31 bits per heavy atom. The SMILES string of the molecule is Cc1ccc(S(=O)(=O)N2CCC(C(=O)NCC(F)(F)CN)CC2)c(C)c1. The average Bonchev–Trinajstić information content (AvgIpc) is 2.59. The minimum atomic E-state index is -3.63. The van der Waals surface area contributed by atoms with Crippen LogP contribution in [0.4, 0.5) is 8.78 Å². The largest absolute Gasteiger partial charge is 0.350 e. The van der Waals surface area contributed by atoms with E-state index in [1.807, 2.05) is 13.0 Å². The Kier molecular flexibility index (Phi) is 6.36. The van der Waals surface area contributed by atoms with Crippen molar-refractivity contribution in [3.63, 3.8) is 0 Å². The number of halogens is 2. The molecule has 1 aliphatic heterocycles. The molecule has 1 aromatic rings. The van der Waals surface area contributed by atoms with Gasteiger partial charge in [-0.3, -0.25) is 4.79 Å². The van der Waals surface area contributed by atoms with Crippen LogP contribution in [0.25, 0.3) is 0 Å². The molecule has 9 heteroatoms. The maximum atomic E-state index is 13.1. The van der Waals surface area contributed by atoms with Crippen LogP contribution in [-0.4, -0.2) is 50.7 Å². The maximum Gasteiger partial charge on any atom is 0.277 e. The predicted octanol–water partition coefficient (Wildman–Crippen LogP) is 1.41. The first-order valence-corrected chi connectivity index (χ1v) is 9.94. The lowest BCUT2D eigenvalue weighted by molar-refractivity contribution is -0.127. The summed E-state index contributed by atoms with van der Waals surface area (Å²) in [5.41, 5.74) is 6.59. The third-order valence-corrected chi connectivity index (χ3v) is 6.65. The molecule has 26 heavy (non-hydrogen) atoms.